The van der Waals surface area contributed by atoms with Gasteiger partial charge in [-0.25, -0.2) is 9.59 Å². The van der Waals surface area contributed by atoms with Crippen molar-refractivity contribution in [3.05, 3.63) is 66.8 Å². The van der Waals surface area contributed by atoms with Gasteiger partial charge in [-0.3, -0.25) is 0 Å². The predicted molar refractivity (Wildman–Crippen MR) is 118 cm³/mol. The second kappa shape index (κ2) is 10.7. The molecular formula is C23H21N3O7. The fraction of sp³-hybridized carbons (Fsp3) is 0.174. The zero-order valence-electron chi connectivity index (χ0n) is 17.6. The summed E-state index contributed by atoms with van der Waals surface area (Å²) in [7, 11) is 0. The number of ether oxygens (including phenoxy) is 3. The van der Waals surface area contributed by atoms with Gasteiger partial charge in [-0.1, -0.05) is 49.6 Å². The number of rotatable bonds is 12. The number of nitrogens with zero attached hydrogens (tertiary/aromatic N) is 3. The topological polar surface area (TPSA) is 141 Å². The monoisotopic (exact) mass is 451 g/mol. The van der Waals surface area contributed by atoms with Crippen LogP contribution in [-0.2, 0) is 9.59 Å². The molecule has 0 fully saturated rings. The van der Waals surface area contributed by atoms with Crippen LogP contribution in [0.25, 0.3) is 10.8 Å². The van der Waals surface area contributed by atoms with Gasteiger partial charge in [0.05, 0.1) is 13.2 Å². The highest BCUT2D eigenvalue weighted by molar-refractivity contribution is 5.88. The number of hydrogen-bond donors (Lipinski definition) is 2. The molecule has 0 atom stereocenters. The van der Waals surface area contributed by atoms with Gasteiger partial charge in [-0.2, -0.15) is 0 Å². The highest BCUT2D eigenvalue weighted by Crippen LogP contribution is 2.29. The molecule has 1 aromatic heterocycles. The fourth-order valence-corrected chi connectivity index (χ4v) is 2.62. The van der Waals surface area contributed by atoms with Crippen molar-refractivity contribution < 1.29 is 34.0 Å². The summed E-state index contributed by atoms with van der Waals surface area (Å²) in [5.74, 6) is -1.76. The smallest absolute Gasteiger partial charge is 0.331 e. The molecule has 0 aliphatic heterocycles. The zero-order valence-corrected chi connectivity index (χ0v) is 17.6. The lowest BCUT2D eigenvalue weighted by Crippen LogP contribution is -2.10. The Morgan fingerprint density at radius 3 is 1.85 bits per heavy atom. The second-order valence-electron chi connectivity index (χ2n) is 6.78. The molecule has 3 aromatic rings. The first-order valence-corrected chi connectivity index (χ1v) is 9.83. The number of aromatic nitrogens is 3. The number of hydrogen-bond acceptors (Lipinski definition) is 8. The molecule has 2 N–H and O–H groups in total. The van der Waals surface area contributed by atoms with Crippen molar-refractivity contribution in [1.29, 1.82) is 0 Å². The molecule has 0 aliphatic rings. The summed E-state index contributed by atoms with van der Waals surface area (Å²) in [6.45, 7) is 6.79. The van der Waals surface area contributed by atoms with Crippen molar-refractivity contribution in [3.8, 4) is 23.8 Å². The van der Waals surface area contributed by atoms with Crippen molar-refractivity contribution in [2.24, 2.45) is 0 Å². The zero-order chi connectivity index (χ0) is 23.8. The molecule has 0 unspecified atom stereocenters. The number of carbonyl (C=O) groups is 2. The van der Waals surface area contributed by atoms with E-state index in [0.29, 0.717) is 5.75 Å². The molecule has 0 amide bonds. The third kappa shape index (κ3) is 6.50. The van der Waals surface area contributed by atoms with Crippen LogP contribution in [0.1, 0.15) is 12.8 Å². The Bertz CT molecular complexity index is 1150. The van der Waals surface area contributed by atoms with Gasteiger partial charge >= 0.3 is 30.0 Å². The van der Waals surface area contributed by atoms with E-state index >= 15 is 0 Å². The minimum absolute atomic E-state index is 0.0278. The maximum atomic E-state index is 10.9. The average Bonchev–Trinajstić information content (AvgIpc) is 2.79. The highest BCUT2D eigenvalue weighted by Gasteiger charge is 2.14. The van der Waals surface area contributed by atoms with E-state index in [-0.39, 0.29) is 55.2 Å². The van der Waals surface area contributed by atoms with Gasteiger partial charge in [-0.15, -0.1) is 15.0 Å². The normalized spacial score (nSPS) is 10.4. The Morgan fingerprint density at radius 2 is 1.27 bits per heavy atom. The van der Waals surface area contributed by atoms with Crippen LogP contribution in [0.2, 0.25) is 0 Å². The SMILES string of the molecule is C=C(CCOc1nc(OCCC(=C)C(=O)O)nc(Oc2cccc3ccccc23)n1)C(=O)O. The van der Waals surface area contributed by atoms with E-state index < -0.39 is 11.9 Å². The Morgan fingerprint density at radius 1 is 0.758 bits per heavy atom. The number of fused-ring (bicyclic) bond motifs is 1. The highest BCUT2D eigenvalue weighted by atomic mass is 16.5. The molecule has 0 saturated heterocycles. The fourth-order valence-electron chi connectivity index (χ4n) is 2.62. The predicted octanol–water partition coefficient (Wildman–Crippen LogP) is 3.64. The maximum Gasteiger partial charge on any atom is 0.331 e. The molecule has 0 aliphatic carbocycles. The van der Waals surface area contributed by atoms with E-state index in [1.54, 1.807) is 6.07 Å². The van der Waals surface area contributed by atoms with Crippen LogP contribution in [0.5, 0.6) is 23.8 Å². The van der Waals surface area contributed by atoms with Crippen molar-refractivity contribution in [1.82, 2.24) is 15.0 Å². The quantitative estimate of drug-likeness (QED) is 0.392. The van der Waals surface area contributed by atoms with E-state index in [4.69, 9.17) is 24.4 Å². The third-order valence-electron chi connectivity index (χ3n) is 4.40. The molecule has 0 radical (unpaired) electrons. The third-order valence-corrected chi connectivity index (χ3v) is 4.40. The lowest BCUT2D eigenvalue weighted by molar-refractivity contribution is -0.133. The number of carboxylic acid groups (broad SMARTS) is 2. The Kier molecular flexibility index (Phi) is 7.53. The van der Waals surface area contributed by atoms with Crippen molar-refractivity contribution in [2.45, 2.75) is 12.8 Å². The van der Waals surface area contributed by atoms with E-state index in [0.717, 1.165) is 10.8 Å². The molecule has 33 heavy (non-hydrogen) atoms. The van der Waals surface area contributed by atoms with Crippen LogP contribution in [-0.4, -0.2) is 50.3 Å². The van der Waals surface area contributed by atoms with Crippen LogP contribution in [0.3, 0.4) is 0 Å². The first kappa shape index (κ1) is 23.2. The molecule has 10 heteroatoms. The number of benzene rings is 2. The van der Waals surface area contributed by atoms with Gasteiger partial charge in [0.1, 0.15) is 5.75 Å². The molecule has 1 heterocycles. The van der Waals surface area contributed by atoms with E-state index in [1.807, 2.05) is 36.4 Å². The summed E-state index contributed by atoms with van der Waals surface area (Å²) in [5.41, 5.74) is -0.0557. The van der Waals surface area contributed by atoms with Crippen molar-refractivity contribution >= 4 is 22.7 Å². The molecular weight excluding hydrogens is 430 g/mol. The summed E-state index contributed by atoms with van der Waals surface area (Å²) in [5, 5.41) is 19.6. The minimum atomic E-state index is -1.13. The summed E-state index contributed by atoms with van der Waals surface area (Å²) in [6.07, 6.45) is 0.101. The maximum absolute atomic E-state index is 10.9. The van der Waals surface area contributed by atoms with Gasteiger partial charge in [0.2, 0.25) is 0 Å². The standard InChI is InChI=1S/C23H21N3O7/c1-14(19(27)28)10-12-31-21-24-22(32-13-11-15(2)20(29)30)26-23(25-21)33-18-9-5-7-16-6-3-4-8-17(16)18/h3-9H,1-2,10-13H2,(H,27,28)(H,29,30). The molecule has 10 nitrogen and oxygen atoms in total. The largest absolute Gasteiger partial charge is 0.478 e. The first-order valence-electron chi connectivity index (χ1n) is 9.83. The molecule has 3 rings (SSSR count). The van der Waals surface area contributed by atoms with Gasteiger partial charge in [0.15, 0.2) is 0 Å². The Hall–Kier alpha value is -4.47. The number of carboxylic acids is 2. The number of aliphatic carboxylic acids is 2. The molecule has 0 spiro atoms. The van der Waals surface area contributed by atoms with Crippen LogP contribution < -0.4 is 14.2 Å². The Balaban J connectivity index is 1.81. The van der Waals surface area contributed by atoms with Gasteiger partial charge in [-0.05, 0) is 11.5 Å². The molecule has 2 aromatic carbocycles. The van der Waals surface area contributed by atoms with Gasteiger partial charge < -0.3 is 24.4 Å². The lowest BCUT2D eigenvalue weighted by Gasteiger charge is -2.11. The second-order valence-corrected chi connectivity index (χ2v) is 6.78. The molecule has 0 saturated carbocycles. The summed E-state index contributed by atoms with van der Waals surface area (Å²) >= 11 is 0. The summed E-state index contributed by atoms with van der Waals surface area (Å²) in [4.78, 5) is 34.0. The first-order chi connectivity index (χ1) is 15.8. The summed E-state index contributed by atoms with van der Waals surface area (Å²) in [6, 6.07) is 12.7. The van der Waals surface area contributed by atoms with E-state index in [1.165, 1.54) is 0 Å². The van der Waals surface area contributed by atoms with E-state index in [9.17, 15) is 9.59 Å². The molecule has 0 bridgehead atoms. The average molecular weight is 451 g/mol. The van der Waals surface area contributed by atoms with Crippen LogP contribution in [0.4, 0.5) is 0 Å². The lowest BCUT2D eigenvalue weighted by atomic mass is 10.1. The van der Waals surface area contributed by atoms with Crippen LogP contribution >= 0.6 is 0 Å². The minimum Gasteiger partial charge on any atom is -0.478 e. The van der Waals surface area contributed by atoms with Crippen LogP contribution in [0.15, 0.2) is 66.8 Å². The van der Waals surface area contributed by atoms with Crippen molar-refractivity contribution in [3.63, 3.8) is 0 Å². The van der Waals surface area contributed by atoms with Crippen molar-refractivity contribution in [2.75, 3.05) is 13.2 Å². The molecule has 170 valence electrons. The van der Waals surface area contributed by atoms with Crippen LogP contribution in [0, 0.1) is 0 Å². The summed E-state index contributed by atoms with van der Waals surface area (Å²) < 4.78 is 16.7. The Labute approximate surface area is 188 Å². The van der Waals surface area contributed by atoms with Gasteiger partial charge in [0.25, 0.3) is 0 Å². The van der Waals surface area contributed by atoms with E-state index in [2.05, 4.69) is 28.1 Å². The van der Waals surface area contributed by atoms with Gasteiger partial charge in [0, 0.05) is 29.4 Å².